The van der Waals surface area contributed by atoms with E-state index in [-0.39, 0.29) is 22.8 Å². The number of nitrogens with zero attached hydrogens (tertiary/aromatic N) is 3. The number of rotatable bonds is 9. The number of fused-ring (bicyclic) bond motifs is 2. The summed E-state index contributed by atoms with van der Waals surface area (Å²) in [6.07, 6.45) is 2.32. The summed E-state index contributed by atoms with van der Waals surface area (Å²) in [4.78, 5) is 29.4. The van der Waals surface area contributed by atoms with Gasteiger partial charge in [0, 0.05) is 13.1 Å². The third-order valence-electron chi connectivity index (χ3n) is 5.08. The SMILES string of the molecule is CCCOc1ccc(S(=O)(=O)NCCN(C)C)cc1-c1nc2cc3nc[nH]c3cc2c(=O)[nH]1. The maximum absolute atomic E-state index is 12.8. The van der Waals surface area contributed by atoms with E-state index in [9.17, 15) is 13.2 Å². The number of likely N-dealkylation sites (N-methyl/N-ethyl adjacent to an activating group) is 1. The van der Waals surface area contributed by atoms with Crippen molar-refractivity contribution in [3.63, 3.8) is 0 Å². The molecule has 11 heteroatoms. The van der Waals surface area contributed by atoms with Crippen LogP contribution in [-0.4, -0.2) is 67.0 Å². The van der Waals surface area contributed by atoms with E-state index in [0.29, 0.717) is 40.9 Å². The highest BCUT2D eigenvalue weighted by molar-refractivity contribution is 7.89. The minimum absolute atomic E-state index is 0.0607. The van der Waals surface area contributed by atoms with Crippen LogP contribution in [-0.2, 0) is 10.0 Å². The second-order valence-electron chi connectivity index (χ2n) is 7.91. The largest absolute Gasteiger partial charge is 0.493 e. The fourth-order valence-corrected chi connectivity index (χ4v) is 4.43. The predicted molar refractivity (Wildman–Crippen MR) is 127 cm³/mol. The van der Waals surface area contributed by atoms with Gasteiger partial charge in [0.2, 0.25) is 10.0 Å². The molecule has 3 N–H and O–H groups in total. The molecule has 0 saturated heterocycles. The van der Waals surface area contributed by atoms with E-state index in [4.69, 9.17) is 4.74 Å². The van der Waals surface area contributed by atoms with Gasteiger partial charge in [-0.2, -0.15) is 0 Å². The molecule has 33 heavy (non-hydrogen) atoms. The number of sulfonamides is 1. The van der Waals surface area contributed by atoms with E-state index >= 15 is 0 Å². The van der Waals surface area contributed by atoms with Gasteiger partial charge in [-0.3, -0.25) is 4.79 Å². The fourth-order valence-electron chi connectivity index (χ4n) is 3.38. The average Bonchev–Trinajstić information content (AvgIpc) is 3.23. The molecule has 0 atom stereocenters. The van der Waals surface area contributed by atoms with Crippen LogP contribution >= 0.6 is 0 Å². The lowest BCUT2D eigenvalue weighted by Gasteiger charge is -2.14. The highest BCUT2D eigenvalue weighted by atomic mass is 32.2. The molecule has 0 unspecified atom stereocenters. The third-order valence-corrected chi connectivity index (χ3v) is 6.53. The van der Waals surface area contributed by atoms with Crippen molar-refractivity contribution in [3.8, 4) is 17.1 Å². The number of ether oxygens (including phenoxy) is 1. The maximum atomic E-state index is 12.8. The number of imidazole rings is 1. The van der Waals surface area contributed by atoms with Gasteiger partial charge in [0.05, 0.1) is 45.3 Å². The zero-order valence-corrected chi connectivity index (χ0v) is 19.5. The van der Waals surface area contributed by atoms with Gasteiger partial charge in [-0.05, 0) is 50.8 Å². The Morgan fingerprint density at radius 1 is 1.15 bits per heavy atom. The van der Waals surface area contributed by atoms with Crippen LogP contribution in [0.2, 0.25) is 0 Å². The Kier molecular flexibility index (Phi) is 6.45. The summed E-state index contributed by atoms with van der Waals surface area (Å²) in [5.41, 5.74) is 1.90. The van der Waals surface area contributed by atoms with Gasteiger partial charge in [0.1, 0.15) is 11.6 Å². The van der Waals surface area contributed by atoms with Crippen molar-refractivity contribution in [3.05, 3.63) is 47.0 Å². The molecule has 2 aromatic heterocycles. The molecule has 10 nitrogen and oxygen atoms in total. The molecule has 0 aliphatic heterocycles. The normalized spacial score (nSPS) is 12.1. The third kappa shape index (κ3) is 4.90. The summed E-state index contributed by atoms with van der Waals surface area (Å²) < 4.78 is 34.1. The molecule has 0 aliphatic carbocycles. The lowest BCUT2D eigenvalue weighted by Crippen LogP contribution is -2.31. The van der Waals surface area contributed by atoms with Gasteiger partial charge < -0.3 is 19.6 Å². The first-order chi connectivity index (χ1) is 15.8. The first-order valence-corrected chi connectivity index (χ1v) is 12.1. The predicted octanol–water partition coefficient (Wildman–Crippen LogP) is 2.10. The van der Waals surface area contributed by atoms with Gasteiger partial charge in [-0.1, -0.05) is 6.92 Å². The molecule has 0 fully saturated rings. The summed E-state index contributed by atoms with van der Waals surface area (Å²) in [7, 11) is -0.0321. The topological polar surface area (TPSA) is 133 Å². The van der Waals surface area contributed by atoms with Crippen molar-refractivity contribution in [1.82, 2.24) is 29.6 Å². The Bertz CT molecular complexity index is 1460. The summed E-state index contributed by atoms with van der Waals surface area (Å²) in [6, 6.07) is 7.96. The van der Waals surface area contributed by atoms with Gasteiger partial charge in [-0.25, -0.2) is 23.1 Å². The maximum Gasteiger partial charge on any atom is 0.259 e. The Morgan fingerprint density at radius 2 is 1.97 bits per heavy atom. The van der Waals surface area contributed by atoms with E-state index < -0.39 is 10.0 Å². The second-order valence-corrected chi connectivity index (χ2v) is 9.68. The monoisotopic (exact) mass is 470 g/mol. The summed E-state index contributed by atoms with van der Waals surface area (Å²) >= 11 is 0. The van der Waals surface area contributed by atoms with Crippen molar-refractivity contribution >= 4 is 32.0 Å². The Labute approximate surface area is 191 Å². The Hall–Kier alpha value is -3.28. The van der Waals surface area contributed by atoms with Crippen LogP contribution < -0.4 is 15.0 Å². The number of nitrogens with one attached hydrogen (secondary N) is 3. The van der Waals surface area contributed by atoms with Crippen LogP contribution in [0.4, 0.5) is 0 Å². The highest BCUT2D eigenvalue weighted by Gasteiger charge is 2.19. The smallest absolute Gasteiger partial charge is 0.259 e. The molecule has 0 bridgehead atoms. The summed E-state index contributed by atoms with van der Waals surface area (Å²) in [5.74, 6) is 0.659. The lowest BCUT2D eigenvalue weighted by molar-refractivity contribution is 0.318. The minimum atomic E-state index is -3.76. The standard InChI is InChI=1S/C22H26N6O4S/c1-4-9-32-20-6-5-14(33(30,31)25-7-8-28(2)3)10-16(20)21-26-17-12-19-18(23-13-24-19)11-15(17)22(29)27-21/h5-6,10-13,25H,4,7-9H2,1-3H3,(H,23,24)(H,26,27,29). The van der Waals surface area contributed by atoms with E-state index in [1.165, 1.54) is 12.1 Å². The number of aromatic nitrogens is 4. The van der Waals surface area contributed by atoms with Gasteiger partial charge in [0.15, 0.2) is 0 Å². The molecule has 0 spiro atoms. The number of aromatic amines is 2. The number of benzene rings is 2. The zero-order valence-electron chi connectivity index (χ0n) is 18.7. The van der Waals surface area contributed by atoms with Crippen molar-refractivity contribution in [1.29, 1.82) is 0 Å². The molecular formula is C22H26N6O4S. The van der Waals surface area contributed by atoms with Gasteiger partial charge in [0.25, 0.3) is 5.56 Å². The molecule has 4 rings (SSSR count). The second kappa shape index (κ2) is 9.30. The van der Waals surface area contributed by atoms with Crippen molar-refractivity contribution in [2.75, 3.05) is 33.8 Å². The van der Waals surface area contributed by atoms with E-state index in [2.05, 4.69) is 24.7 Å². The molecule has 2 heterocycles. The highest BCUT2D eigenvalue weighted by Crippen LogP contribution is 2.31. The van der Waals surface area contributed by atoms with Crippen LogP contribution in [0.1, 0.15) is 13.3 Å². The molecule has 0 amide bonds. The molecule has 174 valence electrons. The first kappa shape index (κ1) is 22.9. The van der Waals surface area contributed by atoms with Crippen LogP contribution in [0.3, 0.4) is 0 Å². The summed E-state index contributed by atoms with van der Waals surface area (Å²) in [5, 5.41) is 0.403. The Morgan fingerprint density at radius 3 is 2.73 bits per heavy atom. The summed E-state index contributed by atoms with van der Waals surface area (Å²) in [6.45, 7) is 3.23. The van der Waals surface area contributed by atoms with Gasteiger partial charge in [-0.15, -0.1) is 0 Å². The van der Waals surface area contributed by atoms with Crippen LogP contribution in [0.25, 0.3) is 33.3 Å². The van der Waals surface area contributed by atoms with Crippen molar-refractivity contribution in [2.45, 2.75) is 18.2 Å². The molecular weight excluding hydrogens is 444 g/mol. The average molecular weight is 471 g/mol. The van der Waals surface area contributed by atoms with E-state index in [1.54, 1.807) is 24.5 Å². The molecule has 4 aromatic rings. The van der Waals surface area contributed by atoms with E-state index in [1.807, 2.05) is 25.9 Å². The number of hydrogen-bond acceptors (Lipinski definition) is 7. The fraction of sp³-hybridized carbons (Fsp3) is 0.318. The lowest BCUT2D eigenvalue weighted by atomic mass is 10.1. The number of hydrogen-bond donors (Lipinski definition) is 3. The quantitative estimate of drug-likeness (QED) is 0.341. The number of H-pyrrole nitrogens is 2. The van der Waals surface area contributed by atoms with Crippen LogP contribution in [0.15, 0.2) is 46.3 Å². The van der Waals surface area contributed by atoms with Crippen LogP contribution in [0, 0.1) is 0 Å². The van der Waals surface area contributed by atoms with Crippen LogP contribution in [0.5, 0.6) is 5.75 Å². The minimum Gasteiger partial charge on any atom is -0.493 e. The molecule has 0 aliphatic rings. The van der Waals surface area contributed by atoms with Crippen molar-refractivity contribution < 1.29 is 13.2 Å². The molecule has 2 aromatic carbocycles. The van der Waals surface area contributed by atoms with E-state index in [0.717, 1.165) is 11.9 Å². The van der Waals surface area contributed by atoms with Crippen molar-refractivity contribution in [2.24, 2.45) is 0 Å². The Balaban J connectivity index is 1.81. The molecule has 0 radical (unpaired) electrons. The first-order valence-electron chi connectivity index (χ1n) is 10.6. The van der Waals surface area contributed by atoms with Gasteiger partial charge >= 0.3 is 0 Å². The molecule has 0 saturated carbocycles. The zero-order chi connectivity index (χ0) is 23.6.